The van der Waals surface area contributed by atoms with E-state index >= 15 is 0 Å². The lowest BCUT2D eigenvalue weighted by Gasteiger charge is -2.05. The molecule has 0 saturated carbocycles. The molecule has 13 heavy (non-hydrogen) atoms. The Bertz CT molecular complexity index is 270. The van der Waals surface area contributed by atoms with Crippen molar-refractivity contribution in [3.05, 3.63) is 5.01 Å². The largest absolute Gasteiger partial charge is 0.378 e. The summed E-state index contributed by atoms with van der Waals surface area (Å²) in [6.07, 6.45) is 4.82. The van der Waals surface area contributed by atoms with Crippen LogP contribution in [0.2, 0.25) is 0 Å². The van der Waals surface area contributed by atoms with Gasteiger partial charge in [0.05, 0.1) is 6.10 Å². The third-order valence-corrected chi connectivity index (χ3v) is 3.00. The minimum atomic E-state index is 0.435. The molecule has 4 nitrogen and oxygen atoms in total. The SMILES string of the molecule is Nc1nnc(CCC2CCCO2)s1. The highest BCUT2D eigenvalue weighted by molar-refractivity contribution is 7.15. The number of nitrogen functional groups attached to an aromatic ring is 1. The van der Waals surface area contributed by atoms with Crippen LogP contribution >= 0.6 is 11.3 Å². The van der Waals surface area contributed by atoms with Gasteiger partial charge in [-0.1, -0.05) is 11.3 Å². The maximum absolute atomic E-state index is 5.51. The third kappa shape index (κ3) is 2.38. The predicted molar refractivity (Wildman–Crippen MR) is 51.6 cm³/mol. The lowest BCUT2D eigenvalue weighted by atomic mass is 10.1. The minimum Gasteiger partial charge on any atom is -0.378 e. The maximum Gasteiger partial charge on any atom is 0.203 e. The van der Waals surface area contributed by atoms with E-state index in [1.165, 1.54) is 24.2 Å². The molecule has 72 valence electrons. The number of rotatable bonds is 3. The summed E-state index contributed by atoms with van der Waals surface area (Å²) in [5, 5.41) is 9.31. The molecule has 1 unspecified atom stereocenters. The van der Waals surface area contributed by atoms with E-state index in [2.05, 4.69) is 10.2 Å². The fraction of sp³-hybridized carbons (Fsp3) is 0.750. The second-order valence-electron chi connectivity index (χ2n) is 3.21. The van der Waals surface area contributed by atoms with Crippen LogP contribution in [0.15, 0.2) is 0 Å². The van der Waals surface area contributed by atoms with E-state index in [0.29, 0.717) is 11.2 Å². The Morgan fingerprint density at radius 1 is 1.54 bits per heavy atom. The second-order valence-corrected chi connectivity index (χ2v) is 4.30. The van der Waals surface area contributed by atoms with Crippen LogP contribution < -0.4 is 5.73 Å². The van der Waals surface area contributed by atoms with Gasteiger partial charge in [0.1, 0.15) is 5.01 Å². The van der Waals surface area contributed by atoms with Crippen LogP contribution in [0, 0.1) is 0 Å². The van der Waals surface area contributed by atoms with Gasteiger partial charge in [-0.3, -0.25) is 0 Å². The maximum atomic E-state index is 5.51. The van der Waals surface area contributed by atoms with E-state index in [1.807, 2.05) is 0 Å². The molecule has 1 fully saturated rings. The first kappa shape index (κ1) is 8.90. The van der Waals surface area contributed by atoms with Crippen molar-refractivity contribution in [1.29, 1.82) is 0 Å². The smallest absolute Gasteiger partial charge is 0.203 e. The Morgan fingerprint density at radius 2 is 2.46 bits per heavy atom. The summed E-state index contributed by atoms with van der Waals surface area (Å²) in [5.74, 6) is 0. The number of hydrogen-bond donors (Lipinski definition) is 1. The lowest BCUT2D eigenvalue weighted by molar-refractivity contribution is 0.104. The van der Waals surface area contributed by atoms with Crippen LogP contribution in [-0.4, -0.2) is 22.9 Å². The zero-order valence-electron chi connectivity index (χ0n) is 7.40. The zero-order valence-corrected chi connectivity index (χ0v) is 8.22. The first-order valence-corrected chi connectivity index (χ1v) is 5.36. The van der Waals surface area contributed by atoms with Gasteiger partial charge in [-0.05, 0) is 19.3 Å². The molecule has 0 radical (unpaired) electrons. The average Bonchev–Trinajstić information content (AvgIpc) is 2.71. The van der Waals surface area contributed by atoms with Gasteiger partial charge in [0.2, 0.25) is 5.13 Å². The van der Waals surface area contributed by atoms with Gasteiger partial charge in [-0.25, -0.2) is 0 Å². The van der Waals surface area contributed by atoms with Crippen LogP contribution in [-0.2, 0) is 11.2 Å². The molecule has 1 aromatic rings. The third-order valence-electron chi connectivity index (χ3n) is 2.19. The first-order chi connectivity index (χ1) is 6.34. The quantitative estimate of drug-likeness (QED) is 0.795. The van der Waals surface area contributed by atoms with Crippen molar-refractivity contribution in [2.24, 2.45) is 0 Å². The highest BCUT2D eigenvalue weighted by Crippen LogP contribution is 2.19. The van der Waals surface area contributed by atoms with E-state index in [-0.39, 0.29) is 0 Å². The Labute approximate surface area is 81.1 Å². The number of ether oxygens (including phenoxy) is 1. The van der Waals surface area contributed by atoms with E-state index in [9.17, 15) is 0 Å². The van der Waals surface area contributed by atoms with Gasteiger partial charge in [0.25, 0.3) is 0 Å². The van der Waals surface area contributed by atoms with Crippen molar-refractivity contribution in [2.45, 2.75) is 31.8 Å². The van der Waals surface area contributed by atoms with Crippen LogP contribution in [0.5, 0.6) is 0 Å². The summed E-state index contributed by atoms with van der Waals surface area (Å²) >= 11 is 1.47. The summed E-state index contributed by atoms with van der Waals surface area (Å²) in [5.41, 5.74) is 5.48. The molecule has 2 N–H and O–H groups in total. The minimum absolute atomic E-state index is 0.435. The Morgan fingerprint density at radius 3 is 3.08 bits per heavy atom. The van der Waals surface area contributed by atoms with Crippen LogP contribution in [0.25, 0.3) is 0 Å². The first-order valence-electron chi connectivity index (χ1n) is 4.54. The molecule has 1 aliphatic heterocycles. The molecule has 0 aromatic carbocycles. The number of aromatic nitrogens is 2. The van der Waals surface area contributed by atoms with Crippen LogP contribution in [0.1, 0.15) is 24.3 Å². The Kier molecular flexibility index (Phi) is 2.75. The summed E-state index contributed by atoms with van der Waals surface area (Å²) in [4.78, 5) is 0. The predicted octanol–water partition coefficient (Wildman–Crippen LogP) is 1.23. The summed E-state index contributed by atoms with van der Waals surface area (Å²) in [7, 11) is 0. The van der Waals surface area contributed by atoms with Crippen molar-refractivity contribution >= 4 is 16.5 Å². The lowest BCUT2D eigenvalue weighted by Crippen LogP contribution is -2.05. The van der Waals surface area contributed by atoms with Crippen LogP contribution in [0.4, 0.5) is 5.13 Å². The molecule has 0 spiro atoms. The van der Waals surface area contributed by atoms with Gasteiger partial charge in [0, 0.05) is 13.0 Å². The summed E-state index contributed by atoms with van der Waals surface area (Å²) in [6.45, 7) is 0.920. The van der Waals surface area contributed by atoms with Crippen LogP contribution in [0.3, 0.4) is 0 Å². The number of nitrogens with two attached hydrogens (primary N) is 1. The molecule has 2 rings (SSSR count). The molecule has 1 atom stereocenters. The monoisotopic (exact) mass is 199 g/mol. The number of anilines is 1. The molecule has 0 amide bonds. The average molecular weight is 199 g/mol. The van der Waals surface area contributed by atoms with Crippen molar-refractivity contribution < 1.29 is 4.74 Å². The van der Waals surface area contributed by atoms with E-state index < -0.39 is 0 Å². The van der Waals surface area contributed by atoms with Crippen molar-refractivity contribution in [1.82, 2.24) is 10.2 Å². The number of aryl methyl sites for hydroxylation is 1. The Hall–Kier alpha value is -0.680. The van der Waals surface area contributed by atoms with Gasteiger partial charge >= 0.3 is 0 Å². The fourth-order valence-electron chi connectivity index (χ4n) is 1.52. The molecule has 2 heterocycles. The summed E-state index contributed by atoms with van der Waals surface area (Å²) in [6, 6.07) is 0. The molecule has 0 bridgehead atoms. The number of hydrogen-bond acceptors (Lipinski definition) is 5. The number of nitrogens with zero attached hydrogens (tertiary/aromatic N) is 2. The van der Waals surface area contributed by atoms with Gasteiger partial charge < -0.3 is 10.5 Å². The highest BCUT2D eigenvalue weighted by atomic mass is 32.1. The molecule has 1 saturated heterocycles. The second kappa shape index (κ2) is 4.02. The van der Waals surface area contributed by atoms with Crippen molar-refractivity contribution in [2.75, 3.05) is 12.3 Å². The molecule has 5 heteroatoms. The zero-order chi connectivity index (χ0) is 9.10. The Balaban J connectivity index is 1.78. The van der Waals surface area contributed by atoms with E-state index in [4.69, 9.17) is 10.5 Å². The van der Waals surface area contributed by atoms with Gasteiger partial charge in [-0.15, -0.1) is 10.2 Å². The standard InChI is InChI=1S/C8H13N3OS/c9-8-11-10-7(13-8)4-3-6-2-1-5-12-6/h6H,1-5H2,(H2,9,11). The topological polar surface area (TPSA) is 61.0 Å². The molecule has 1 aliphatic rings. The molecular formula is C8H13N3OS. The van der Waals surface area contributed by atoms with E-state index in [0.717, 1.165) is 24.5 Å². The van der Waals surface area contributed by atoms with Crippen molar-refractivity contribution in [3.63, 3.8) is 0 Å². The fourth-order valence-corrected chi connectivity index (χ4v) is 2.15. The van der Waals surface area contributed by atoms with Crippen molar-refractivity contribution in [3.8, 4) is 0 Å². The molecule has 0 aliphatic carbocycles. The normalized spacial score (nSPS) is 22.3. The highest BCUT2D eigenvalue weighted by Gasteiger charge is 2.15. The van der Waals surface area contributed by atoms with Gasteiger partial charge in [-0.2, -0.15) is 0 Å². The van der Waals surface area contributed by atoms with Gasteiger partial charge in [0.15, 0.2) is 0 Å². The molecular weight excluding hydrogens is 186 g/mol. The molecule has 1 aromatic heterocycles. The van der Waals surface area contributed by atoms with E-state index in [1.54, 1.807) is 0 Å². The summed E-state index contributed by atoms with van der Waals surface area (Å²) < 4.78 is 5.51.